The summed E-state index contributed by atoms with van der Waals surface area (Å²) in [5.41, 5.74) is 3.98. The Morgan fingerprint density at radius 2 is 2.08 bits per heavy atom. The highest BCUT2D eigenvalue weighted by Gasteiger charge is 2.20. The molecule has 0 aliphatic carbocycles. The van der Waals surface area contributed by atoms with Gasteiger partial charge in [-0.05, 0) is 31.7 Å². The molecule has 24 heavy (non-hydrogen) atoms. The molecule has 4 nitrogen and oxygen atoms in total. The fourth-order valence-electron chi connectivity index (χ4n) is 3.42. The van der Waals surface area contributed by atoms with Crippen LogP contribution in [0.3, 0.4) is 0 Å². The normalized spacial score (nSPS) is 17.7. The first-order valence-electron chi connectivity index (χ1n) is 9.15. The van der Waals surface area contributed by atoms with E-state index in [4.69, 9.17) is 4.74 Å². The number of rotatable bonds is 8. The van der Waals surface area contributed by atoms with Crippen LogP contribution in [0.15, 0.2) is 36.5 Å². The molecule has 0 saturated carbocycles. The van der Waals surface area contributed by atoms with Crippen LogP contribution < -0.4 is 0 Å². The summed E-state index contributed by atoms with van der Waals surface area (Å²) in [4.78, 5) is 2.51. The minimum Gasteiger partial charge on any atom is -0.377 e. The van der Waals surface area contributed by atoms with E-state index >= 15 is 0 Å². The number of aromatic nitrogens is 2. The van der Waals surface area contributed by atoms with E-state index in [2.05, 4.69) is 58.9 Å². The summed E-state index contributed by atoms with van der Waals surface area (Å²) in [5.74, 6) is 0. The van der Waals surface area contributed by atoms with E-state index < -0.39 is 0 Å². The van der Waals surface area contributed by atoms with Crippen molar-refractivity contribution in [3.8, 4) is 0 Å². The zero-order chi connectivity index (χ0) is 16.8. The van der Waals surface area contributed by atoms with Gasteiger partial charge in [-0.25, -0.2) is 0 Å². The predicted molar refractivity (Wildman–Crippen MR) is 96.8 cm³/mol. The molecule has 0 bridgehead atoms. The van der Waals surface area contributed by atoms with Crippen molar-refractivity contribution in [2.75, 3.05) is 13.2 Å². The Kier molecular flexibility index (Phi) is 6.05. The predicted octanol–water partition coefficient (Wildman–Crippen LogP) is 3.78. The van der Waals surface area contributed by atoms with Gasteiger partial charge in [-0.1, -0.05) is 37.3 Å². The lowest BCUT2D eigenvalue weighted by Gasteiger charge is -2.25. The molecule has 1 saturated heterocycles. The molecule has 0 amide bonds. The minimum absolute atomic E-state index is 0.375. The number of hydrogen-bond donors (Lipinski definition) is 0. The van der Waals surface area contributed by atoms with Gasteiger partial charge in [0.15, 0.2) is 0 Å². The van der Waals surface area contributed by atoms with Gasteiger partial charge in [0.1, 0.15) is 0 Å². The Labute approximate surface area is 145 Å². The molecular formula is C20H29N3O. The smallest absolute Gasteiger partial charge is 0.0703 e. The molecule has 1 aromatic carbocycles. The molecule has 1 aliphatic heterocycles. The third kappa shape index (κ3) is 4.46. The molecule has 2 aromatic rings. The maximum absolute atomic E-state index is 5.87. The van der Waals surface area contributed by atoms with Crippen molar-refractivity contribution in [2.45, 2.75) is 58.8 Å². The zero-order valence-electron chi connectivity index (χ0n) is 14.9. The molecule has 1 aromatic heterocycles. The Balaban J connectivity index is 1.71. The van der Waals surface area contributed by atoms with Crippen molar-refractivity contribution in [3.63, 3.8) is 0 Å². The lowest BCUT2D eigenvalue weighted by atomic mass is 10.1. The second-order valence-corrected chi connectivity index (χ2v) is 6.77. The fraction of sp³-hybridized carbons (Fsp3) is 0.550. The van der Waals surface area contributed by atoms with Crippen LogP contribution >= 0.6 is 0 Å². The number of benzene rings is 1. The van der Waals surface area contributed by atoms with E-state index in [-0.39, 0.29) is 0 Å². The summed E-state index contributed by atoms with van der Waals surface area (Å²) in [6.07, 6.45) is 5.90. The standard InChI is InChI=1S/C20H29N3O/c1-3-11-23-17(2)19(13-21-23)15-22(16-20-10-7-12-24-20)14-18-8-5-4-6-9-18/h4-6,8-9,13,20H,3,7,10-12,14-16H2,1-2H3. The summed E-state index contributed by atoms with van der Waals surface area (Å²) < 4.78 is 8.00. The second-order valence-electron chi connectivity index (χ2n) is 6.77. The fourth-order valence-corrected chi connectivity index (χ4v) is 3.42. The lowest BCUT2D eigenvalue weighted by Crippen LogP contribution is -2.31. The molecule has 130 valence electrons. The molecule has 0 N–H and O–H groups in total. The van der Waals surface area contributed by atoms with Crippen LogP contribution in [-0.4, -0.2) is 33.9 Å². The highest BCUT2D eigenvalue weighted by atomic mass is 16.5. The molecular weight excluding hydrogens is 298 g/mol. The summed E-state index contributed by atoms with van der Waals surface area (Å²) >= 11 is 0. The van der Waals surface area contributed by atoms with Gasteiger partial charge in [0, 0.05) is 44.0 Å². The third-order valence-electron chi connectivity index (χ3n) is 4.77. The van der Waals surface area contributed by atoms with Gasteiger partial charge in [-0.2, -0.15) is 5.10 Å². The van der Waals surface area contributed by atoms with Gasteiger partial charge < -0.3 is 4.74 Å². The number of nitrogens with zero attached hydrogens (tertiary/aromatic N) is 3. The summed E-state index contributed by atoms with van der Waals surface area (Å²) in [6.45, 7) is 9.18. The monoisotopic (exact) mass is 327 g/mol. The van der Waals surface area contributed by atoms with E-state index in [9.17, 15) is 0 Å². The zero-order valence-corrected chi connectivity index (χ0v) is 14.9. The quantitative estimate of drug-likeness (QED) is 0.739. The Bertz CT molecular complexity index is 617. The average molecular weight is 327 g/mol. The van der Waals surface area contributed by atoms with Crippen LogP contribution in [0.1, 0.15) is 43.0 Å². The molecule has 3 rings (SSSR count). The van der Waals surface area contributed by atoms with Gasteiger partial charge >= 0.3 is 0 Å². The number of hydrogen-bond acceptors (Lipinski definition) is 3. The van der Waals surface area contributed by atoms with Crippen molar-refractivity contribution < 1.29 is 4.74 Å². The van der Waals surface area contributed by atoms with Gasteiger partial charge in [0.2, 0.25) is 0 Å². The van der Waals surface area contributed by atoms with Crippen LogP contribution in [-0.2, 0) is 24.4 Å². The number of ether oxygens (including phenoxy) is 1. The molecule has 1 atom stereocenters. The SMILES string of the molecule is CCCn1ncc(CN(Cc2ccccc2)CC2CCCO2)c1C. The van der Waals surface area contributed by atoms with E-state index in [0.717, 1.165) is 39.2 Å². The van der Waals surface area contributed by atoms with Crippen molar-refractivity contribution in [2.24, 2.45) is 0 Å². The van der Waals surface area contributed by atoms with Gasteiger partial charge in [-0.15, -0.1) is 0 Å². The highest BCUT2D eigenvalue weighted by Crippen LogP contribution is 2.18. The van der Waals surface area contributed by atoms with Crippen LogP contribution in [0.5, 0.6) is 0 Å². The maximum atomic E-state index is 5.87. The largest absolute Gasteiger partial charge is 0.377 e. The Hall–Kier alpha value is -1.65. The van der Waals surface area contributed by atoms with Crippen molar-refractivity contribution in [1.29, 1.82) is 0 Å². The Morgan fingerprint density at radius 1 is 1.25 bits per heavy atom. The Morgan fingerprint density at radius 3 is 2.79 bits per heavy atom. The minimum atomic E-state index is 0.375. The first-order valence-corrected chi connectivity index (χ1v) is 9.15. The van der Waals surface area contributed by atoms with Crippen molar-refractivity contribution in [1.82, 2.24) is 14.7 Å². The van der Waals surface area contributed by atoms with E-state index in [1.54, 1.807) is 0 Å². The van der Waals surface area contributed by atoms with Crippen molar-refractivity contribution >= 4 is 0 Å². The molecule has 0 radical (unpaired) electrons. The highest BCUT2D eigenvalue weighted by molar-refractivity contribution is 5.18. The maximum Gasteiger partial charge on any atom is 0.0703 e. The van der Waals surface area contributed by atoms with Gasteiger partial charge in [0.25, 0.3) is 0 Å². The van der Waals surface area contributed by atoms with Gasteiger partial charge in [0.05, 0.1) is 12.3 Å². The topological polar surface area (TPSA) is 30.3 Å². The summed E-state index contributed by atoms with van der Waals surface area (Å²) in [7, 11) is 0. The molecule has 2 heterocycles. The first kappa shape index (κ1) is 17.2. The van der Waals surface area contributed by atoms with E-state index in [0.29, 0.717) is 6.10 Å². The van der Waals surface area contributed by atoms with Crippen LogP contribution in [0.25, 0.3) is 0 Å². The molecule has 1 aliphatic rings. The summed E-state index contributed by atoms with van der Waals surface area (Å²) in [5, 5.41) is 4.56. The molecule has 0 spiro atoms. The summed E-state index contributed by atoms with van der Waals surface area (Å²) in [6, 6.07) is 10.7. The van der Waals surface area contributed by atoms with Crippen LogP contribution in [0.2, 0.25) is 0 Å². The molecule has 4 heteroatoms. The van der Waals surface area contributed by atoms with Gasteiger partial charge in [-0.3, -0.25) is 9.58 Å². The molecule has 1 fully saturated rings. The lowest BCUT2D eigenvalue weighted by molar-refractivity contribution is 0.0678. The number of aryl methyl sites for hydroxylation is 1. The second kappa shape index (κ2) is 8.45. The average Bonchev–Trinajstić information content (AvgIpc) is 3.21. The van der Waals surface area contributed by atoms with Crippen LogP contribution in [0, 0.1) is 6.92 Å². The van der Waals surface area contributed by atoms with Crippen molar-refractivity contribution in [3.05, 3.63) is 53.3 Å². The third-order valence-corrected chi connectivity index (χ3v) is 4.77. The first-order chi connectivity index (χ1) is 11.8. The van der Waals surface area contributed by atoms with E-state index in [1.165, 1.54) is 29.7 Å². The molecule has 1 unspecified atom stereocenters. The van der Waals surface area contributed by atoms with E-state index in [1.807, 2.05) is 6.20 Å². The van der Waals surface area contributed by atoms with Crippen LogP contribution in [0.4, 0.5) is 0 Å².